The van der Waals surface area contributed by atoms with Crippen LogP contribution in [0.3, 0.4) is 0 Å². The molecule has 0 fully saturated rings. The molecule has 0 spiro atoms. The third-order valence-corrected chi connectivity index (χ3v) is 1.00. The number of hydrazone groups is 1. The van der Waals surface area contributed by atoms with Gasteiger partial charge in [-0.25, -0.2) is 0 Å². The van der Waals surface area contributed by atoms with Gasteiger partial charge in [0.25, 0.3) is 5.88 Å². The second kappa shape index (κ2) is 3.60. The number of hydrogen-bond acceptors (Lipinski definition) is 5. The zero-order valence-corrected chi connectivity index (χ0v) is 6.20. The van der Waals surface area contributed by atoms with Crippen molar-refractivity contribution in [1.82, 2.24) is 10.6 Å². The Morgan fingerprint density at radius 2 is 2.73 bits per heavy atom. The average Bonchev–Trinajstić information content (AvgIpc) is 2.37. The predicted octanol–water partition coefficient (Wildman–Crippen LogP) is 0.525. The third kappa shape index (κ3) is 2.29. The van der Waals surface area contributed by atoms with Crippen LogP contribution in [0, 0.1) is 6.92 Å². The van der Waals surface area contributed by atoms with Crippen LogP contribution in [-0.4, -0.2) is 18.6 Å². The van der Waals surface area contributed by atoms with E-state index in [1.54, 1.807) is 13.0 Å². The van der Waals surface area contributed by atoms with Crippen LogP contribution in [0.5, 0.6) is 5.88 Å². The van der Waals surface area contributed by atoms with Gasteiger partial charge < -0.3 is 9.26 Å². The molecule has 0 saturated carbocycles. The Bertz CT molecular complexity index is 233. The molecular formula is C6H9N3O2. The van der Waals surface area contributed by atoms with Gasteiger partial charge in [0.15, 0.2) is 6.73 Å². The highest BCUT2D eigenvalue weighted by molar-refractivity contribution is 5.22. The first-order valence-corrected chi connectivity index (χ1v) is 3.07. The first-order valence-electron chi connectivity index (χ1n) is 3.07. The van der Waals surface area contributed by atoms with Gasteiger partial charge in [0.2, 0.25) is 0 Å². The molecule has 1 aromatic heterocycles. The zero-order valence-electron chi connectivity index (χ0n) is 6.20. The van der Waals surface area contributed by atoms with Crippen LogP contribution in [0.1, 0.15) is 5.76 Å². The second-order valence-electron chi connectivity index (χ2n) is 1.88. The van der Waals surface area contributed by atoms with E-state index in [-0.39, 0.29) is 6.73 Å². The fraction of sp³-hybridized carbons (Fsp3) is 0.333. The Morgan fingerprint density at radius 3 is 3.27 bits per heavy atom. The van der Waals surface area contributed by atoms with Crippen molar-refractivity contribution in [1.29, 1.82) is 0 Å². The number of nitrogens with one attached hydrogen (secondary N) is 1. The van der Waals surface area contributed by atoms with Gasteiger partial charge in [-0.3, -0.25) is 5.43 Å². The summed E-state index contributed by atoms with van der Waals surface area (Å²) in [5.41, 5.74) is 2.52. The zero-order chi connectivity index (χ0) is 8.10. The van der Waals surface area contributed by atoms with Crippen molar-refractivity contribution in [3.05, 3.63) is 11.8 Å². The van der Waals surface area contributed by atoms with E-state index in [1.807, 2.05) is 0 Å². The predicted molar refractivity (Wildman–Crippen MR) is 39.4 cm³/mol. The van der Waals surface area contributed by atoms with Gasteiger partial charge in [0.1, 0.15) is 5.76 Å². The minimum Gasteiger partial charge on any atom is -0.453 e. The summed E-state index contributed by atoms with van der Waals surface area (Å²) < 4.78 is 9.76. The molecule has 1 heterocycles. The molecule has 0 aromatic carbocycles. The molecule has 1 N–H and O–H groups in total. The van der Waals surface area contributed by atoms with Crippen LogP contribution in [0.15, 0.2) is 15.7 Å². The molecular weight excluding hydrogens is 146 g/mol. The quantitative estimate of drug-likeness (QED) is 0.298. The lowest BCUT2D eigenvalue weighted by atomic mass is 10.5. The van der Waals surface area contributed by atoms with Crippen LogP contribution >= 0.6 is 0 Å². The summed E-state index contributed by atoms with van der Waals surface area (Å²) in [7, 11) is 0. The van der Waals surface area contributed by atoms with Gasteiger partial charge in [0, 0.05) is 12.8 Å². The van der Waals surface area contributed by atoms with Gasteiger partial charge in [-0.2, -0.15) is 5.10 Å². The lowest BCUT2D eigenvalue weighted by molar-refractivity contribution is 0.255. The van der Waals surface area contributed by atoms with E-state index in [1.165, 1.54) is 0 Å². The molecule has 0 aliphatic carbocycles. The Hall–Kier alpha value is -1.52. The molecule has 0 unspecified atom stereocenters. The standard InChI is InChI=1S/C6H9N3O2/c1-5-3-6(9-11-5)10-4-8-7-2/h3,8H,2,4H2,1H3. The number of aryl methyl sites for hydroxylation is 1. The van der Waals surface area contributed by atoms with Crippen LogP contribution in [0.2, 0.25) is 0 Å². The van der Waals surface area contributed by atoms with Gasteiger partial charge >= 0.3 is 0 Å². The van der Waals surface area contributed by atoms with Crippen molar-refractivity contribution in [2.45, 2.75) is 6.92 Å². The summed E-state index contributed by atoms with van der Waals surface area (Å²) in [6.45, 7) is 5.25. The highest BCUT2D eigenvalue weighted by atomic mass is 16.5. The van der Waals surface area contributed by atoms with E-state index in [0.29, 0.717) is 11.6 Å². The smallest absolute Gasteiger partial charge is 0.256 e. The number of rotatable bonds is 4. The Labute approximate surface area is 64.0 Å². The molecule has 0 amide bonds. The van der Waals surface area contributed by atoms with Crippen molar-refractivity contribution in [2.24, 2.45) is 5.10 Å². The van der Waals surface area contributed by atoms with Gasteiger partial charge in [0.05, 0.1) is 0 Å². The van der Waals surface area contributed by atoms with Gasteiger partial charge in [-0.1, -0.05) is 0 Å². The number of ether oxygens (including phenoxy) is 1. The number of nitrogens with zero attached hydrogens (tertiary/aromatic N) is 2. The largest absolute Gasteiger partial charge is 0.453 e. The molecule has 0 saturated heterocycles. The van der Waals surface area contributed by atoms with Crippen molar-refractivity contribution < 1.29 is 9.26 Å². The minimum atomic E-state index is 0.246. The van der Waals surface area contributed by atoms with Crippen LogP contribution in [0.4, 0.5) is 0 Å². The molecule has 60 valence electrons. The first-order chi connectivity index (χ1) is 5.33. The molecule has 0 bridgehead atoms. The summed E-state index contributed by atoms with van der Waals surface area (Å²) in [4.78, 5) is 0. The maximum absolute atomic E-state index is 5.02. The number of aromatic nitrogens is 1. The molecule has 11 heavy (non-hydrogen) atoms. The Morgan fingerprint density at radius 1 is 1.91 bits per heavy atom. The molecule has 0 aliphatic heterocycles. The topological polar surface area (TPSA) is 59.7 Å². The average molecular weight is 155 g/mol. The maximum atomic E-state index is 5.02. The molecule has 0 radical (unpaired) electrons. The van der Waals surface area contributed by atoms with Crippen molar-refractivity contribution in [2.75, 3.05) is 6.73 Å². The molecule has 0 aliphatic rings. The minimum absolute atomic E-state index is 0.246. The Kier molecular flexibility index (Phi) is 2.48. The normalized spacial score (nSPS) is 9.18. The highest BCUT2D eigenvalue weighted by Gasteiger charge is 1.98. The summed E-state index contributed by atoms with van der Waals surface area (Å²) in [5.74, 6) is 1.16. The Balaban J connectivity index is 2.32. The highest BCUT2D eigenvalue weighted by Crippen LogP contribution is 2.08. The number of hydrogen-bond donors (Lipinski definition) is 1. The van der Waals surface area contributed by atoms with Crippen LogP contribution < -0.4 is 10.2 Å². The lowest BCUT2D eigenvalue weighted by Crippen LogP contribution is -2.13. The van der Waals surface area contributed by atoms with Crippen molar-refractivity contribution in [3.63, 3.8) is 0 Å². The van der Waals surface area contributed by atoms with E-state index in [2.05, 4.69) is 22.4 Å². The molecule has 5 heteroatoms. The third-order valence-electron chi connectivity index (χ3n) is 1.00. The molecule has 1 rings (SSSR count). The van der Waals surface area contributed by atoms with Gasteiger partial charge in [-0.15, -0.1) is 0 Å². The summed E-state index contributed by atoms with van der Waals surface area (Å²) in [5, 5.41) is 6.96. The summed E-state index contributed by atoms with van der Waals surface area (Å²) in [6, 6.07) is 1.69. The fourth-order valence-electron chi connectivity index (χ4n) is 0.563. The summed E-state index contributed by atoms with van der Waals surface area (Å²) >= 11 is 0. The van der Waals surface area contributed by atoms with E-state index in [4.69, 9.17) is 9.26 Å². The lowest BCUT2D eigenvalue weighted by Gasteiger charge is -1.98. The van der Waals surface area contributed by atoms with E-state index >= 15 is 0 Å². The fourth-order valence-corrected chi connectivity index (χ4v) is 0.563. The van der Waals surface area contributed by atoms with E-state index < -0.39 is 0 Å². The molecule has 5 nitrogen and oxygen atoms in total. The van der Waals surface area contributed by atoms with Gasteiger partial charge in [-0.05, 0) is 12.1 Å². The first kappa shape index (κ1) is 7.59. The van der Waals surface area contributed by atoms with Crippen LogP contribution in [0.25, 0.3) is 0 Å². The molecule has 1 aromatic rings. The van der Waals surface area contributed by atoms with E-state index in [9.17, 15) is 0 Å². The summed E-state index contributed by atoms with van der Waals surface area (Å²) in [6.07, 6.45) is 0. The molecule has 0 atom stereocenters. The second-order valence-corrected chi connectivity index (χ2v) is 1.88. The maximum Gasteiger partial charge on any atom is 0.256 e. The van der Waals surface area contributed by atoms with Crippen LogP contribution in [-0.2, 0) is 0 Å². The van der Waals surface area contributed by atoms with Crippen molar-refractivity contribution >= 4 is 6.72 Å². The SMILES string of the molecule is C=NNCOc1cc(C)on1. The van der Waals surface area contributed by atoms with Crippen molar-refractivity contribution in [3.8, 4) is 5.88 Å². The van der Waals surface area contributed by atoms with E-state index in [0.717, 1.165) is 0 Å². The monoisotopic (exact) mass is 155 g/mol.